The highest BCUT2D eigenvalue weighted by atomic mass is 32.3. The lowest BCUT2D eigenvalue weighted by Gasteiger charge is -2.39. The molecular formula is C20H17F3O3S2. The third-order valence-electron chi connectivity index (χ3n) is 3.95. The van der Waals surface area contributed by atoms with Crippen molar-refractivity contribution in [3.8, 4) is 0 Å². The Morgan fingerprint density at radius 3 is 1.46 bits per heavy atom. The van der Waals surface area contributed by atoms with E-state index in [-0.39, 0.29) is 5.75 Å². The van der Waals surface area contributed by atoms with Crippen molar-refractivity contribution in [1.29, 1.82) is 0 Å². The van der Waals surface area contributed by atoms with E-state index in [1.807, 2.05) is 0 Å². The van der Waals surface area contributed by atoms with Gasteiger partial charge in [0, 0.05) is 15.5 Å². The van der Waals surface area contributed by atoms with Crippen LogP contribution in [-0.2, 0) is 19.5 Å². The summed E-state index contributed by atoms with van der Waals surface area (Å²) in [5.74, 6) is -0.0167. The Balaban J connectivity index is 2.26. The van der Waals surface area contributed by atoms with Gasteiger partial charge in [0.05, 0.1) is 0 Å². The minimum atomic E-state index is -5.83. The van der Waals surface area contributed by atoms with Gasteiger partial charge in [0.15, 0.2) is 0 Å². The number of benzene rings is 3. The van der Waals surface area contributed by atoms with Crippen LogP contribution in [0.5, 0.6) is 0 Å². The van der Waals surface area contributed by atoms with Crippen molar-refractivity contribution in [2.24, 2.45) is 0 Å². The first-order valence-electron chi connectivity index (χ1n) is 8.22. The number of halogens is 3. The van der Waals surface area contributed by atoms with Crippen molar-refractivity contribution in [3.05, 3.63) is 96.6 Å². The summed E-state index contributed by atoms with van der Waals surface area (Å²) in [6.45, 7) is 0. The Bertz CT molecular complexity index is 967. The highest BCUT2D eigenvalue weighted by Crippen LogP contribution is 2.67. The molecule has 0 heterocycles. The van der Waals surface area contributed by atoms with E-state index in [1.54, 1.807) is 91.0 Å². The van der Waals surface area contributed by atoms with Gasteiger partial charge in [0.1, 0.15) is 0 Å². The van der Waals surface area contributed by atoms with Gasteiger partial charge >= 0.3 is 15.6 Å². The van der Waals surface area contributed by atoms with Gasteiger partial charge in [0.25, 0.3) is 0 Å². The van der Waals surface area contributed by atoms with Crippen molar-refractivity contribution >= 4 is 20.4 Å². The average molecular weight is 426 g/mol. The van der Waals surface area contributed by atoms with Crippen LogP contribution in [-0.4, -0.2) is 13.9 Å². The highest BCUT2D eigenvalue weighted by molar-refractivity contribution is 8.32. The topological polar surface area (TPSA) is 43.4 Å². The summed E-state index contributed by atoms with van der Waals surface area (Å²) in [5, 5.41) is 0. The largest absolute Gasteiger partial charge is 0.523 e. The fourth-order valence-corrected chi connectivity index (χ4v) is 7.50. The molecule has 0 spiro atoms. The summed E-state index contributed by atoms with van der Waals surface area (Å²) < 4.78 is 69.0. The standard InChI is InChI=1S/C20H17F3O3S2/c21-20(22,23)28(24,25)26-27(18-12-6-2-7-13-18,19-14-8-3-9-15-19)16-17-10-4-1-5-11-17/h1-15H,16H2. The second-order valence-electron chi connectivity index (χ2n) is 5.90. The van der Waals surface area contributed by atoms with Crippen molar-refractivity contribution in [1.82, 2.24) is 0 Å². The molecule has 0 saturated heterocycles. The van der Waals surface area contributed by atoms with Gasteiger partial charge in [-0.25, -0.2) is 3.63 Å². The summed E-state index contributed by atoms with van der Waals surface area (Å²) in [6, 6.07) is 25.1. The molecule has 8 heteroatoms. The van der Waals surface area contributed by atoms with Crippen LogP contribution >= 0.6 is 10.3 Å². The van der Waals surface area contributed by atoms with Gasteiger partial charge in [-0.15, -0.1) is 0 Å². The van der Waals surface area contributed by atoms with Crippen molar-refractivity contribution in [2.45, 2.75) is 21.1 Å². The zero-order valence-corrected chi connectivity index (χ0v) is 16.2. The van der Waals surface area contributed by atoms with Gasteiger partial charge in [-0.05, 0) is 29.8 Å². The lowest BCUT2D eigenvalue weighted by Crippen LogP contribution is -2.28. The van der Waals surface area contributed by atoms with Crippen LogP contribution in [0.4, 0.5) is 13.2 Å². The Labute approximate surface area is 163 Å². The Morgan fingerprint density at radius 1 is 0.679 bits per heavy atom. The van der Waals surface area contributed by atoms with Crippen LogP contribution in [0.15, 0.2) is 101 Å². The van der Waals surface area contributed by atoms with Crippen LogP contribution in [0.2, 0.25) is 0 Å². The zero-order chi connectivity index (χ0) is 20.3. The van der Waals surface area contributed by atoms with Crippen molar-refractivity contribution < 1.29 is 25.2 Å². The predicted molar refractivity (Wildman–Crippen MR) is 103 cm³/mol. The van der Waals surface area contributed by atoms with E-state index in [0.29, 0.717) is 15.4 Å². The highest BCUT2D eigenvalue weighted by Gasteiger charge is 2.52. The summed E-state index contributed by atoms with van der Waals surface area (Å²) in [5.41, 5.74) is -4.85. The molecule has 0 radical (unpaired) electrons. The first kappa shape index (κ1) is 20.4. The first-order chi connectivity index (χ1) is 13.2. The molecule has 3 aromatic rings. The molecule has 0 saturated carbocycles. The predicted octanol–water partition coefficient (Wildman–Crippen LogP) is 5.89. The van der Waals surface area contributed by atoms with Crippen molar-refractivity contribution in [3.63, 3.8) is 0 Å². The molecule has 0 unspecified atom stereocenters. The summed E-state index contributed by atoms with van der Waals surface area (Å²) in [4.78, 5) is 0.774. The maximum atomic E-state index is 13.2. The molecule has 3 nitrogen and oxygen atoms in total. The van der Waals surface area contributed by atoms with Crippen LogP contribution < -0.4 is 0 Å². The normalized spacial score (nSPS) is 13.2. The number of alkyl halides is 3. The maximum absolute atomic E-state index is 13.2. The molecule has 0 aliphatic rings. The average Bonchev–Trinajstić information content (AvgIpc) is 2.68. The second-order valence-corrected chi connectivity index (χ2v) is 10.4. The van der Waals surface area contributed by atoms with Crippen LogP contribution in [0.1, 0.15) is 5.56 Å². The van der Waals surface area contributed by atoms with E-state index in [0.717, 1.165) is 0 Å². The van der Waals surface area contributed by atoms with Gasteiger partial charge in [-0.2, -0.15) is 21.6 Å². The Kier molecular flexibility index (Phi) is 5.83. The summed E-state index contributed by atoms with van der Waals surface area (Å²) >= 11 is 0. The Morgan fingerprint density at radius 2 is 1.07 bits per heavy atom. The molecule has 0 N–H and O–H groups in total. The summed E-state index contributed by atoms with van der Waals surface area (Å²) in [6.07, 6.45) is 0. The molecule has 0 atom stereocenters. The van der Waals surface area contributed by atoms with Gasteiger partial charge in [0.2, 0.25) is 0 Å². The molecule has 0 aromatic heterocycles. The third-order valence-corrected chi connectivity index (χ3v) is 8.97. The number of hydrogen-bond acceptors (Lipinski definition) is 3. The van der Waals surface area contributed by atoms with Gasteiger partial charge in [-0.3, -0.25) is 0 Å². The SMILES string of the molecule is O=S(=O)(OS(Cc1ccccc1)(c1ccccc1)c1ccccc1)C(F)(F)F. The minimum absolute atomic E-state index is 0.0167. The fraction of sp³-hybridized carbons (Fsp3) is 0.100. The van der Waals surface area contributed by atoms with Crippen LogP contribution in [0, 0.1) is 0 Å². The van der Waals surface area contributed by atoms with Crippen LogP contribution in [0.3, 0.4) is 0 Å². The molecule has 3 aromatic carbocycles. The molecular weight excluding hydrogens is 409 g/mol. The second kappa shape index (κ2) is 7.98. The van der Waals surface area contributed by atoms with E-state index >= 15 is 0 Å². The number of rotatable bonds is 6. The summed E-state index contributed by atoms with van der Waals surface area (Å²) in [7, 11) is -8.89. The van der Waals surface area contributed by atoms with E-state index in [9.17, 15) is 21.6 Å². The molecule has 0 aliphatic carbocycles. The lowest BCUT2D eigenvalue weighted by molar-refractivity contribution is -0.0496. The molecule has 148 valence electrons. The first-order valence-corrected chi connectivity index (χ1v) is 11.4. The van der Waals surface area contributed by atoms with Crippen molar-refractivity contribution in [2.75, 3.05) is 0 Å². The monoisotopic (exact) mass is 426 g/mol. The van der Waals surface area contributed by atoms with E-state index in [2.05, 4.69) is 0 Å². The zero-order valence-electron chi connectivity index (χ0n) is 14.5. The lowest BCUT2D eigenvalue weighted by atomic mass is 10.2. The minimum Gasteiger partial charge on any atom is -0.204 e. The Hall–Kier alpha value is -2.29. The smallest absolute Gasteiger partial charge is 0.204 e. The molecule has 3 rings (SSSR count). The van der Waals surface area contributed by atoms with E-state index in [4.69, 9.17) is 3.63 Å². The molecule has 0 bridgehead atoms. The number of hydrogen-bond donors (Lipinski definition) is 0. The van der Waals surface area contributed by atoms with Gasteiger partial charge in [-0.1, -0.05) is 77.0 Å². The van der Waals surface area contributed by atoms with Crippen LogP contribution in [0.25, 0.3) is 0 Å². The molecule has 0 aliphatic heterocycles. The molecule has 0 fully saturated rings. The third kappa shape index (κ3) is 4.24. The molecule has 0 amide bonds. The fourth-order valence-electron chi connectivity index (χ4n) is 2.69. The van der Waals surface area contributed by atoms with E-state index < -0.39 is 25.9 Å². The molecule has 28 heavy (non-hydrogen) atoms. The van der Waals surface area contributed by atoms with Gasteiger partial charge < -0.3 is 0 Å². The van der Waals surface area contributed by atoms with E-state index in [1.165, 1.54) is 0 Å². The quantitative estimate of drug-likeness (QED) is 0.462. The maximum Gasteiger partial charge on any atom is 0.523 e.